The summed E-state index contributed by atoms with van der Waals surface area (Å²) in [5.74, 6) is 2.20. The second-order valence-electron chi connectivity index (χ2n) is 4.93. The molecule has 1 atom stereocenters. The molecule has 6 heteroatoms. The molecule has 0 aromatic carbocycles. The monoisotopic (exact) mass is 263 g/mol. The zero-order chi connectivity index (χ0) is 13.8. The van der Waals surface area contributed by atoms with Crippen LogP contribution in [0.15, 0.2) is 0 Å². The molecule has 1 aliphatic rings. The number of piperidine rings is 1. The first kappa shape index (κ1) is 13.6. The van der Waals surface area contributed by atoms with Crippen molar-refractivity contribution < 1.29 is 4.79 Å². The van der Waals surface area contributed by atoms with Gasteiger partial charge in [0.05, 0.1) is 0 Å². The van der Waals surface area contributed by atoms with E-state index in [0.717, 1.165) is 36.5 Å². The number of carbonyl (C=O) groups is 1. The highest BCUT2D eigenvalue weighted by Gasteiger charge is 2.19. The summed E-state index contributed by atoms with van der Waals surface area (Å²) in [5.41, 5.74) is 6.79. The first-order valence-electron chi connectivity index (χ1n) is 6.76. The van der Waals surface area contributed by atoms with E-state index in [9.17, 15) is 4.79 Å². The van der Waals surface area contributed by atoms with Gasteiger partial charge in [0.2, 0.25) is 5.91 Å². The highest BCUT2D eigenvalue weighted by Crippen LogP contribution is 2.20. The number of carbonyl (C=O) groups excluding carboxylic acids is 1. The Hall–Kier alpha value is -1.85. The summed E-state index contributed by atoms with van der Waals surface area (Å²) >= 11 is 0. The fraction of sp³-hybridized carbons (Fsp3) is 0.615. The molecule has 1 fully saturated rings. The van der Waals surface area contributed by atoms with Gasteiger partial charge in [0, 0.05) is 31.0 Å². The van der Waals surface area contributed by atoms with E-state index in [2.05, 4.69) is 27.5 Å². The Labute approximate surface area is 113 Å². The van der Waals surface area contributed by atoms with E-state index in [4.69, 9.17) is 5.73 Å². The highest BCUT2D eigenvalue weighted by atomic mass is 16.1. The van der Waals surface area contributed by atoms with Crippen LogP contribution < -0.4 is 16.4 Å². The molecule has 1 unspecified atom stereocenters. The minimum absolute atomic E-state index is 0.114. The van der Waals surface area contributed by atoms with Crippen LogP contribution in [0.2, 0.25) is 0 Å². The molecule has 1 aliphatic heterocycles. The Morgan fingerprint density at radius 2 is 2.26 bits per heavy atom. The van der Waals surface area contributed by atoms with Crippen LogP contribution in [0, 0.1) is 6.92 Å². The minimum atomic E-state index is 0.114. The number of hydrogen-bond donors (Lipinski definition) is 3. The average molecular weight is 263 g/mol. The van der Waals surface area contributed by atoms with E-state index < -0.39 is 0 Å². The van der Waals surface area contributed by atoms with Gasteiger partial charge >= 0.3 is 0 Å². The van der Waals surface area contributed by atoms with Gasteiger partial charge in [-0.25, -0.2) is 9.97 Å². The summed E-state index contributed by atoms with van der Waals surface area (Å²) < 4.78 is 0. The third-order valence-electron chi connectivity index (χ3n) is 3.31. The SMILES string of the molecule is CCCc1nc(N)c(C)c(NC2CCC(=O)NC2)n1. The summed E-state index contributed by atoms with van der Waals surface area (Å²) in [6, 6.07) is 0.208. The van der Waals surface area contributed by atoms with Crippen molar-refractivity contribution in [2.45, 2.75) is 45.6 Å². The van der Waals surface area contributed by atoms with Gasteiger partial charge in [-0.3, -0.25) is 4.79 Å². The standard InChI is InChI=1S/C13H21N5O/c1-3-4-10-17-12(14)8(2)13(18-10)16-9-5-6-11(19)15-7-9/h9H,3-7H2,1-2H3,(H,15,19)(H3,14,16,17,18). The number of nitrogen functional groups attached to an aromatic ring is 1. The van der Waals surface area contributed by atoms with Crippen LogP contribution in [0.3, 0.4) is 0 Å². The van der Waals surface area contributed by atoms with Crippen LogP contribution in [0.5, 0.6) is 0 Å². The van der Waals surface area contributed by atoms with Gasteiger partial charge < -0.3 is 16.4 Å². The van der Waals surface area contributed by atoms with Crippen molar-refractivity contribution in [1.29, 1.82) is 0 Å². The Kier molecular flexibility index (Phi) is 4.19. The molecule has 19 heavy (non-hydrogen) atoms. The van der Waals surface area contributed by atoms with Crippen molar-refractivity contribution in [3.63, 3.8) is 0 Å². The van der Waals surface area contributed by atoms with E-state index >= 15 is 0 Å². The summed E-state index contributed by atoms with van der Waals surface area (Å²) in [6.07, 6.45) is 3.18. The topological polar surface area (TPSA) is 92.9 Å². The van der Waals surface area contributed by atoms with Crippen molar-refractivity contribution in [3.8, 4) is 0 Å². The Morgan fingerprint density at radius 1 is 1.47 bits per heavy atom. The maximum atomic E-state index is 11.1. The number of amides is 1. The highest BCUT2D eigenvalue weighted by molar-refractivity contribution is 5.77. The van der Waals surface area contributed by atoms with Crippen LogP contribution in [0.1, 0.15) is 37.6 Å². The van der Waals surface area contributed by atoms with Crippen molar-refractivity contribution in [2.24, 2.45) is 0 Å². The molecule has 1 amide bonds. The van der Waals surface area contributed by atoms with Gasteiger partial charge in [-0.1, -0.05) is 6.92 Å². The van der Waals surface area contributed by atoms with Crippen LogP contribution in [0.4, 0.5) is 11.6 Å². The molecule has 0 spiro atoms. The third-order valence-corrected chi connectivity index (χ3v) is 3.31. The number of nitrogens with two attached hydrogens (primary N) is 1. The molecule has 0 radical (unpaired) electrons. The first-order chi connectivity index (χ1) is 9.10. The number of nitrogens with zero attached hydrogens (tertiary/aromatic N) is 2. The molecule has 0 saturated carbocycles. The van der Waals surface area contributed by atoms with E-state index in [1.807, 2.05) is 6.92 Å². The molecule has 2 heterocycles. The minimum Gasteiger partial charge on any atom is -0.383 e. The fourth-order valence-electron chi connectivity index (χ4n) is 2.11. The number of aromatic nitrogens is 2. The molecule has 6 nitrogen and oxygen atoms in total. The van der Waals surface area contributed by atoms with Gasteiger partial charge in [0.25, 0.3) is 0 Å². The van der Waals surface area contributed by atoms with Crippen LogP contribution in [-0.2, 0) is 11.2 Å². The van der Waals surface area contributed by atoms with Crippen molar-refractivity contribution in [1.82, 2.24) is 15.3 Å². The Balaban J connectivity index is 2.12. The molecule has 2 rings (SSSR count). The van der Waals surface area contributed by atoms with Gasteiger partial charge in [0.1, 0.15) is 17.5 Å². The second kappa shape index (κ2) is 5.86. The zero-order valence-corrected chi connectivity index (χ0v) is 11.5. The molecule has 0 bridgehead atoms. The van der Waals surface area contributed by atoms with Gasteiger partial charge in [-0.15, -0.1) is 0 Å². The Bertz CT molecular complexity index is 464. The van der Waals surface area contributed by atoms with E-state index in [1.165, 1.54) is 0 Å². The molecule has 1 saturated heterocycles. The van der Waals surface area contributed by atoms with Gasteiger partial charge in [-0.05, 0) is 19.8 Å². The quantitative estimate of drug-likeness (QED) is 0.754. The first-order valence-corrected chi connectivity index (χ1v) is 6.76. The predicted octanol–water partition coefficient (Wildman–Crippen LogP) is 1.01. The summed E-state index contributed by atoms with van der Waals surface area (Å²) in [4.78, 5) is 19.9. The number of anilines is 2. The zero-order valence-electron chi connectivity index (χ0n) is 11.5. The lowest BCUT2D eigenvalue weighted by molar-refractivity contribution is -0.122. The molecule has 0 aliphatic carbocycles. The van der Waals surface area contributed by atoms with Crippen LogP contribution in [-0.4, -0.2) is 28.5 Å². The van der Waals surface area contributed by atoms with E-state index in [1.54, 1.807) is 0 Å². The largest absolute Gasteiger partial charge is 0.383 e. The van der Waals surface area contributed by atoms with E-state index in [0.29, 0.717) is 18.8 Å². The lowest BCUT2D eigenvalue weighted by Crippen LogP contribution is -2.42. The smallest absolute Gasteiger partial charge is 0.220 e. The van der Waals surface area contributed by atoms with E-state index in [-0.39, 0.29) is 11.9 Å². The predicted molar refractivity (Wildman–Crippen MR) is 74.8 cm³/mol. The Morgan fingerprint density at radius 3 is 2.89 bits per heavy atom. The molecule has 104 valence electrons. The van der Waals surface area contributed by atoms with Gasteiger partial charge in [-0.2, -0.15) is 0 Å². The summed E-state index contributed by atoms with van der Waals surface area (Å²) in [5, 5.41) is 6.21. The molecular formula is C13H21N5O. The number of hydrogen-bond acceptors (Lipinski definition) is 5. The van der Waals surface area contributed by atoms with Crippen molar-refractivity contribution >= 4 is 17.5 Å². The summed E-state index contributed by atoms with van der Waals surface area (Å²) in [6.45, 7) is 4.63. The molecule has 1 aromatic heterocycles. The van der Waals surface area contributed by atoms with Gasteiger partial charge in [0.15, 0.2) is 0 Å². The van der Waals surface area contributed by atoms with Crippen molar-refractivity contribution in [2.75, 3.05) is 17.6 Å². The lowest BCUT2D eigenvalue weighted by atomic mass is 10.1. The van der Waals surface area contributed by atoms with Crippen LogP contribution in [0.25, 0.3) is 0 Å². The fourth-order valence-corrected chi connectivity index (χ4v) is 2.11. The number of nitrogens with one attached hydrogen (secondary N) is 2. The maximum absolute atomic E-state index is 11.1. The molecule has 1 aromatic rings. The van der Waals surface area contributed by atoms with Crippen LogP contribution >= 0.6 is 0 Å². The lowest BCUT2D eigenvalue weighted by Gasteiger charge is -2.25. The second-order valence-corrected chi connectivity index (χ2v) is 4.93. The molecular weight excluding hydrogens is 242 g/mol. The average Bonchev–Trinajstić information content (AvgIpc) is 2.38. The number of rotatable bonds is 4. The summed E-state index contributed by atoms with van der Waals surface area (Å²) in [7, 11) is 0. The maximum Gasteiger partial charge on any atom is 0.220 e. The number of aryl methyl sites for hydroxylation is 1. The normalized spacial score (nSPS) is 19.1. The third kappa shape index (κ3) is 3.33. The molecule has 4 N–H and O–H groups in total. The van der Waals surface area contributed by atoms with Crippen molar-refractivity contribution in [3.05, 3.63) is 11.4 Å².